The van der Waals surface area contributed by atoms with Gasteiger partial charge in [-0.25, -0.2) is 4.98 Å². The zero-order valence-corrected chi connectivity index (χ0v) is 15.0. The van der Waals surface area contributed by atoms with E-state index in [1.807, 2.05) is 18.3 Å². The monoisotopic (exact) mass is 347 g/mol. The second kappa shape index (κ2) is 6.96. The van der Waals surface area contributed by atoms with Crippen LogP contribution in [0.25, 0.3) is 0 Å². The predicted molar refractivity (Wildman–Crippen MR) is 93.9 cm³/mol. The Labute approximate surface area is 147 Å². The molecule has 0 unspecified atom stereocenters. The first kappa shape index (κ1) is 16.3. The lowest BCUT2D eigenvalue weighted by atomic mass is 9.87. The fourth-order valence-corrected chi connectivity index (χ4v) is 4.53. The minimum atomic E-state index is 0.0848. The number of aromatic nitrogens is 1. The molecule has 130 valence electrons. The van der Waals surface area contributed by atoms with E-state index in [0.717, 1.165) is 57.8 Å². The maximum atomic E-state index is 6.31. The van der Waals surface area contributed by atoms with Crippen LogP contribution in [0.4, 0.5) is 0 Å². The van der Waals surface area contributed by atoms with E-state index >= 15 is 0 Å². The number of hydrogen-bond donors (Lipinski definition) is 0. The smallest absolute Gasteiger partial charge is 0.117 e. The summed E-state index contributed by atoms with van der Waals surface area (Å²) in [4.78, 5) is 9.28. The first-order chi connectivity index (χ1) is 11.7. The molecule has 2 saturated heterocycles. The first-order valence-electron chi connectivity index (χ1n) is 8.70. The fourth-order valence-electron chi connectivity index (χ4n) is 3.87. The molecule has 5 nitrogen and oxygen atoms in total. The van der Waals surface area contributed by atoms with E-state index in [2.05, 4.69) is 27.2 Å². The molecule has 0 aliphatic carbocycles. The summed E-state index contributed by atoms with van der Waals surface area (Å²) < 4.78 is 11.8. The van der Waals surface area contributed by atoms with Gasteiger partial charge in [0.15, 0.2) is 0 Å². The van der Waals surface area contributed by atoms with E-state index in [0.29, 0.717) is 6.04 Å². The zero-order valence-electron chi connectivity index (χ0n) is 14.2. The van der Waals surface area contributed by atoms with Crippen LogP contribution in [0.15, 0.2) is 34.4 Å². The molecule has 1 spiro atoms. The summed E-state index contributed by atoms with van der Waals surface area (Å²) in [5.41, 5.74) is 0.0848. The summed E-state index contributed by atoms with van der Waals surface area (Å²) in [6.07, 6.45) is 7.03. The lowest BCUT2D eigenvalue weighted by molar-refractivity contribution is -0.0452. The standard InChI is InChI=1S/C18H25N3O2S/c1-20(12-16-3-2-9-22-16)15-11-18(23-14-15)4-7-21(8-5-18)13-17-19-6-10-24-17/h2-3,6,9-10,15H,4-5,7-8,11-14H2,1H3/t15-/m1/s1. The summed E-state index contributed by atoms with van der Waals surface area (Å²) in [6.45, 7) is 4.88. The van der Waals surface area contributed by atoms with Crippen molar-refractivity contribution >= 4 is 11.3 Å². The lowest BCUT2D eigenvalue weighted by Gasteiger charge is -2.38. The van der Waals surface area contributed by atoms with Gasteiger partial charge in [-0.3, -0.25) is 9.80 Å². The Morgan fingerprint density at radius 1 is 1.42 bits per heavy atom. The number of nitrogens with zero attached hydrogens (tertiary/aromatic N) is 3. The highest BCUT2D eigenvalue weighted by molar-refractivity contribution is 7.09. The average molecular weight is 347 g/mol. The average Bonchev–Trinajstić information content (AvgIpc) is 3.33. The number of piperidine rings is 1. The van der Waals surface area contributed by atoms with E-state index in [-0.39, 0.29) is 5.60 Å². The Hall–Kier alpha value is -1.21. The normalized spacial score (nSPS) is 24.2. The summed E-state index contributed by atoms with van der Waals surface area (Å²) >= 11 is 1.75. The molecule has 1 atom stereocenters. The van der Waals surface area contributed by atoms with Crippen LogP contribution in [-0.2, 0) is 17.8 Å². The minimum absolute atomic E-state index is 0.0848. The van der Waals surface area contributed by atoms with E-state index in [4.69, 9.17) is 9.15 Å². The topological polar surface area (TPSA) is 41.7 Å². The van der Waals surface area contributed by atoms with Gasteiger partial charge in [0.2, 0.25) is 0 Å². The maximum Gasteiger partial charge on any atom is 0.117 e. The molecule has 2 aliphatic heterocycles. The molecule has 0 N–H and O–H groups in total. The number of likely N-dealkylation sites (tertiary alicyclic amines) is 1. The molecule has 0 bridgehead atoms. The number of rotatable bonds is 5. The Bertz CT molecular complexity index is 621. The highest BCUT2D eigenvalue weighted by Crippen LogP contribution is 2.38. The van der Waals surface area contributed by atoms with Crippen LogP contribution >= 0.6 is 11.3 Å². The van der Waals surface area contributed by atoms with E-state index < -0.39 is 0 Å². The zero-order chi connectivity index (χ0) is 16.4. The minimum Gasteiger partial charge on any atom is -0.468 e. The van der Waals surface area contributed by atoms with Gasteiger partial charge in [0.25, 0.3) is 0 Å². The molecule has 0 amide bonds. The molecule has 4 rings (SSSR count). The molecule has 2 aromatic rings. The van der Waals surface area contributed by atoms with Crippen molar-refractivity contribution in [3.8, 4) is 0 Å². The Balaban J connectivity index is 1.28. The van der Waals surface area contributed by atoms with E-state index in [1.54, 1.807) is 17.6 Å². The van der Waals surface area contributed by atoms with Crippen LogP contribution in [0.1, 0.15) is 30.0 Å². The number of likely N-dealkylation sites (N-methyl/N-ethyl adjacent to an activating group) is 1. The van der Waals surface area contributed by atoms with Crippen molar-refractivity contribution in [1.82, 2.24) is 14.8 Å². The number of ether oxygens (including phenoxy) is 1. The van der Waals surface area contributed by atoms with Crippen molar-refractivity contribution < 1.29 is 9.15 Å². The van der Waals surface area contributed by atoms with Crippen LogP contribution in [0, 0.1) is 0 Å². The van der Waals surface area contributed by atoms with E-state index in [9.17, 15) is 0 Å². The molecule has 6 heteroatoms. The largest absolute Gasteiger partial charge is 0.468 e. The number of thiazole rings is 1. The summed E-state index contributed by atoms with van der Waals surface area (Å²) in [7, 11) is 2.17. The van der Waals surface area contributed by atoms with Gasteiger partial charge < -0.3 is 9.15 Å². The molecule has 24 heavy (non-hydrogen) atoms. The van der Waals surface area contributed by atoms with Crippen molar-refractivity contribution in [1.29, 1.82) is 0 Å². The van der Waals surface area contributed by atoms with Crippen molar-refractivity contribution in [2.45, 2.75) is 44.0 Å². The highest BCUT2D eigenvalue weighted by Gasteiger charge is 2.43. The SMILES string of the molecule is CN(Cc1ccco1)[C@H]1COC2(CCN(Cc3nccs3)CC2)C1. The maximum absolute atomic E-state index is 6.31. The third-order valence-corrected chi connectivity index (χ3v) is 6.17. The Morgan fingerprint density at radius 2 is 2.29 bits per heavy atom. The van der Waals surface area contributed by atoms with Crippen molar-refractivity contribution in [3.63, 3.8) is 0 Å². The summed E-state index contributed by atoms with van der Waals surface area (Å²) in [6, 6.07) is 4.48. The second-order valence-corrected chi connectivity index (χ2v) is 8.03. The van der Waals surface area contributed by atoms with Crippen LogP contribution < -0.4 is 0 Å². The van der Waals surface area contributed by atoms with Crippen molar-refractivity contribution in [3.05, 3.63) is 40.7 Å². The molecule has 0 radical (unpaired) electrons. The van der Waals surface area contributed by atoms with E-state index in [1.165, 1.54) is 5.01 Å². The van der Waals surface area contributed by atoms with Crippen molar-refractivity contribution in [2.24, 2.45) is 0 Å². The Kier molecular flexibility index (Phi) is 4.72. The van der Waals surface area contributed by atoms with Gasteiger partial charge in [0.05, 0.1) is 31.6 Å². The molecule has 0 saturated carbocycles. The molecular weight excluding hydrogens is 322 g/mol. The third-order valence-electron chi connectivity index (χ3n) is 5.41. The van der Waals surface area contributed by atoms with Crippen molar-refractivity contribution in [2.75, 3.05) is 26.7 Å². The first-order valence-corrected chi connectivity index (χ1v) is 9.58. The van der Waals surface area contributed by atoms with Gasteiger partial charge in [0, 0.05) is 30.7 Å². The van der Waals surface area contributed by atoms with Gasteiger partial charge >= 0.3 is 0 Å². The predicted octanol–water partition coefficient (Wildman–Crippen LogP) is 2.99. The third kappa shape index (κ3) is 3.57. The highest BCUT2D eigenvalue weighted by atomic mass is 32.1. The quantitative estimate of drug-likeness (QED) is 0.832. The van der Waals surface area contributed by atoms with Crippen LogP contribution in [0.3, 0.4) is 0 Å². The fraction of sp³-hybridized carbons (Fsp3) is 0.611. The molecule has 2 aromatic heterocycles. The van der Waals surface area contributed by atoms with Gasteiger partial charge in [0.1, 0.15) is 10.8 Å². The van der Waals surface area contributed by atoms with Crippen LogP contribution in [0.2, 0.25) is 0 Å². The van der Waals surface area contributed by atoms with Gasteiger partial charge in [-0.1, -0.05) is 0 Å². The molecule has 4 heterocycles. The Morgan fingerprint density at radius 3 is 3.00 bits per heavy atom. The number of hydrogen-bond acceptors (Lipinski definition) is 6. The summed E-state index contributed by atoms with van der Waals surface area (Å²) in [5.74, 6) is 1.02. The van der Waals surface area contributed by atoms with Gasteiger partial charge in [-0.2, -0.15) is 0 Å². The molecular formula is C18H25N3O2S. The molecule has 0 aromatic carbocycles. The second-order valence-electron chi connectivity index (χ2n) is 7.05. The molecule has 2 aliphatic rings. The summed E-state index contributed by atoms with van der Waals surface area (Å²) in [5, 5.41) is 3.27. The van der Waals surface area contributed by atoms with Crippen LogP contribution in [0.5, 0.6) is 0 Å². The van der Waals surface area contributed by atoms with Gasteiger partial charge in [-0.15, -0.1) is 11.3 Å². The van der Waals surface area contributed by atoms with Crippen LogP contribution in [-0.4, -0.2) is 53.2 Å². The van der Waals surface area contributed by atoms with Gasteiger partial charge in [-0.05, 0) is 38.4 Å². The lowest BCUT2D eigenvalue weighted by Crippen LogP contribution is -2.44. The number of furan rings is 1. The molecule has 2 fully saturated rings.